The average Bonchev–Trinajstić information content (AvgIpc) is 2.61. The third-order valence-electron chi connectivity index (χ3n) is 2.90. The normalized spacial score (nSPS) is 19.0. The van der Waals surface area contributed by atoms with Crippen molar-refractivity contribution in [2.75, 3.05) is 13.1 Å². The number of rotatable bonds is 1. The number of piperidine rings is 1. The number of aromatic amines is 1. The third-order valence-corrected chi connectivity index (χ3v) is 2.90. The molecule has 0 bridgehead atoms. The number of halogens is 3. The van der Waals surface area contributed by atoms with Gasteiger partial charge in [0.2, 0.25) is 0 Å². The van der Waals surface area contributed by atoms with Crippen molar-refractivity contribution in [2.24, 2.45) is 0 Å². The summed E-state index contributed by atoms with van der Waals surface area (Å²) in [5, 5.41) is 3.17. The van der Waals surface area contributed by atoms with E-state index >= 15 is 0 Å². The molecule has 16 heavy (non-hydrogen) atoms. The molecule has 2 rings (SSSR count). The average molecular weight is 233 g/mol. The van der Waals surface area contributed by atoms with Crippen LogP contribution in [0.4, 0.5) is 13.2 Å². The zero-order valence-electron chi connectivity index (χ0n) is 8.99. The fraction of sp³-hybridized carbons (Fsp3) is 0.700. The second-order valence-corrected chi connectivity index (χ2v) is 4.12. The van der Waals surface area contributed by atoms with Gasteiger partial charge in [0.15, 0.2) is 5.69 Å². The van der Waals surface area contributed by atoms with Gasteiger partial charge in [0.1, 0.15) is 5.82 Å². The maximum Gasteiger partial charge on any atom is 0.435 e. The van der Waals surface area contributed by atoms with Gasteiger partial charge < -0.3 is 10.3 Å². The molecule has 0 aliphatic carbocycles. The van der Waals surface area contributed by atoms with Crippen LogP contribution in [0, 0.1) is 6.92 Å². The number of aryl methyl sites for hydroxylation is 1. The van der Waals surface area contributed by atoms with Crippen LogP contribution in [-0.2, 0) is 6.18 Å². The molecule has 3 nitrogen and oxygen atoms in total. The van der Waals surface area contributed by atoms with Crippen molar-refractivity contribution < 1.29 is 13.2 Å². The van der Waals surface area contributed by atoms with Gasteiger partial charge in [0.25, 0.3) is 0 Å². The molecule has 2 N–H and O–H groups in total. The molecule has 90 valence electrons. The first kappa shape index (κ1) is 11.4. The minimum absolute atomic E-state index is 0.112. The number of H-pyrrole nitrogens is 1. The van der Waals surface area contributed by atoms with E-state index in [0.717, 1.165) is 25.9 Å². The molecule has 2 heterocycles. The van der Waals surface area contributed by atoms with Gasteiger partial charge in [0, 0.05) is 11.6 Å². The second-order valence-electron chi connectivity index (χ2n) is 4.12. The van der Waals surface area contributed by atoms with Gasteiger partial charge in [-0.3, -0.25) is 0 Å². The van der Waals surface area contributed by atoms with Crippen molar-refractivity contribution in [1.82, 2.24) is 15.3 Å². The van der Waals surface area contributed by atoms with E-state index in [0.29, 0.717) is 5.82 Å². The molecule has 0 unspecified atom stereocenters. The standard InChI is InChI=1S/C10H14F3N3/c1-6-8(10(11,12)13)16-9(15-6)7-2-4-14-5-3-7/h7,14H,2-5H2,1H3,(H,15,16). The number of hydrogen-bond donors (Lipinski definition) is 2. The van der Waals surface area contributed by atoms with Crippen molar-refractivity contribution in [2.45, 2.75) is 31.9 Å². The van der Waals surface area contributed by atoms with Crippen LogP contribution in [0.15, 0.2) is 0 Å². The van der Waals surface area contributed by atoms with E-state index in [-0.39, 0.29) is 11.6 Å². The van der Waals surface area contributed by atoms with Crippen molar-refractivity contribution in [3.8, 4) is 0 Å². The van der Waals surface area contributed by atoms with Crippen LogP contribution in [0.5, 0.6) is 0 Å². The van der Waals surface area contributed by atoms with Gasteiger partial charge in [0.05, 0.1) is 0 Å². The Bertz CT molecular complexity index is 364. The fourth-order valence-electron chi connectivity index (χ4n) is 2.05. The predicted octanol–water partition coefficient (Wildman–Crippen LogP) is 2.20. The van der Waals surface area contributed by atoms with E-state index in [9.17, 15) is 13.2 Å². The molecule has 0 spiro atoms. The summed E-state index contributed by atoms with van der Waals surface area (Å²) in [5.41, 5.74) is -0.665. The summed E-state index contributed by atoms with van der Waals surface area (Å²) in [5.74, 6) is 0.599. The lowest BCUT2D eigenvalue weighted by molar-refractivity contribution is -0.141. The first-order valence-corrected chi connectivity index (χ1v) is 5.33. The van der Waals surface area contributed by atoms with Crippen molar-refractivity contribution in [1.29, 1.82) is 0 Å². The lowest BCUT2D eigenvalue weighted by atomic mass is 9.98. The van der Waals surface area contributed by atoms with E-state index in [1.54, 1.807) is 0 Å². The molecule has 1 aromatic heterocycles. The monoisotopic (exact) mass is 233 g/mol. The summed E-state index contributed by atoms with van der Waals surface area (Å²) < 4.78 is 37.6. The summed E-state index contributed by atoms with van der Waals surface area (Å²) in [6.45, 7) is 3.10. The maximum absolute atomic E-state index is 12.5. The predicted molar refractivity (Wildman–Crippen MR) is 53.2 cm³/mol. The molecule has 1 fully saturated rings. The lowest BCUT2D eigenvalue weighted by Crippen LogP contribution is -2.27. The minimum atomic E-state index is -4.36. The number of aromatic nitrogens is 2. The smallest absolute Gasteiger partial charge is 0.345 e. The number of alkyl halides is 3. The van der Waals surface area contributed by atoms with Gasteiger partial charge in [-0.05, 0) is 32.9 Å². The first-order valence-electron chi connectivity index (χ1n) is 5.33. The highest BCUT2D eigenvalue weighted by Gasteiger charge is 2.36. The summed E-state index contributed by atoms with van der Waals surface area (Å²) in [7, 11) is 0. The van der Waals surface area contributed by atoms with E-state index in [1.807, 2.05) is 0 Å². The van der Waals surface area contributed by atoms with E-state index < -0.39 is 11.9 Å². The highest BCUT2D eigenvalue weighted by Crippen LogP contribution is 2.32. The molecule has 0 radical (unpaired) electrons. The summed E-state index contributed by atoms with van der Waals surface area (Å²) in [4.78, 5) is 6.46. The van der Waals surface area contributed by atoms with Crippen molar-refractivity contribution in [3.63, 3.8) is 0 Å². The largest absolute Gasteiger partial charge is 0.435 e. The van der Waals surface area contributed by atoms with E-state index in [2.05, 4.69) is 15.3 Å². The molecule has 0 aromatic carbocycles. The number of imidazole rings is 1. The number of nitrogens with zero attached hydrogens (tertiary/aromatic N) is 1. The first-order chi connectivity index (χ1) is 7.48. The fourth-order valence-corrected chi connectivity index (χ4v) is 2.05. The molecular formula is C10H14F3N3. The number of hydrogen-bond acceptors (Lipinski definition) is 2. The zero-order valence-corrected chi connectivity index (χ0v) is 8.99. The van der Waals surface area contributed by atoms with Crippen LogP contribution in [0.1, 0.15) is 36.0 Å². The summed E-state index contributed by atoms with van der Waals surface area (Å²) in [6, 6.07) is 0. The minimum Gasteiger partial charge on any atom is -0.345 e. The Morgan fingerprint density at radius 3 is 2.38 bits per heavy atom. The Hall–Kier alpha value is -1.04. The topological polar surface area (TPSA) is 40.7 Å². The molecule has 1 aliphatic rings. The van der Waals surface area contributed by atoms with Crippen molar-refractivity contribution in [3.05, 3.63) is 17.2 Å². The molecule has 0 amide bonds. The molecule has 1 aliphatic heterocycles. The molecule has 6 heteroatoms. The van der Waals surface area contributed by atoms with Crippen LogP contribution in [0.25, 0.3) is 0 Å². The zero-order chi connectivity index (χ0) is 11.8. The summed E-state index contributed by atoms with van der Waals surface area (Å²) >= 11 is 0. The Balaban J connectivity index is 2.23. The quantitative estimate of drug-likeness (QED) is 0.780. The molecule has 1 saturated heterocycles. The highest BCUT2D eigenvalue weighted by molar-refractivity contribution is 5.18. The van der Waals surface area contributed by atoms with Crippen LogP contribution in [-0.4, -0.2) is 23.1 Å². The van der Waals surface area contributed by atoms with E-state index in [1.165, 1.54) is 6.92 Å². The highest BCUT2D eigenvalue weighted by atomic mass is 19.4. The van der Waals surface area contributed by atoms with Crippen LogP contribution < -0.4 is 5.32 Å². The molecule has 0 saturated carbocycles. The van der Waals surface area contributed by atoms with Gasteiger partial charge in [-0.2, -0.15) is 13.2 Å². The maximum atomic E-state index is 12.5. The Morgan fingerprint density at radius 1 is 1.25 bits per heavy atom. The second kappa shape index (κ2) is 4.08. The third kappa shape index (κ3) is 2.21. The Kier molecular flexibility index (Phi) is 2.92. The van der Waals surface area contributed by atoms with Crippen LogP contribution >= 0.6 is 0 Å². The van der Waals surface area contributed by atoms with Crippen LogP contribution in [0.3, 0.4) is 0 Å². The van der Waals surface area contributed by atoms with Gasteiger partial charge in [-0.15, -0.1) is 0 Å². The SMILES string of the molecule is Cc1[nH]c(C2CCNCC2)nc1C(F)(F)F. The summed E-state index contributed by atoms with van der Waals surface area (Å²) in [6.07, 6.45) is -2.68. The van der Waals surface area contributed by atoms with E-state index in [4.69, 9.17) is 0 Å². The van der Waals surface area contributed by atoms with Crippen LogP contribution in [0.2, 0.25) is 0 Å². The molecular weight excluding hydrogens is 219 g/mol. The molecule has 0 atom stereocenters. The molecule has 1 aromatic rings. The van der Waals surface area contributed by atoms with Gasteiger partial charge in [-0.25, -0.2) is 4.98 Å². The van der Waals surface area contributed by atoms with Gasteiger partial charge >= 0.3 is 6.18 Å². The van der Waals surface area contributed by atoms with Crippen molar-refractivity contribution >= 4 is 0 Å². The Labute approximate surface area is 91.5 Å². The number of nitrogens with one attached hydrogen (secondary N) is 2. The van der Waals surface area contributed by atoms with Gasteiger partial charge in [-0.1, -0.05) is 0 Å². The Morgan fingerprint density at radius 2 is 1.88 bits per heavy atom. The lowest BCUT2D eigenvalue weighted by Gasteiger charge is -2.20.